The fourth-order valence-electron chi connectivity index (χ4n) is 2.64. The predicted molar refractivity (Wildman–Crippen MR) is 65.6 cm³/mol. The first kappa shape index (κ1) is 12.6. The molecule has 1 aromatic heterocycles. The summed E-state index contributed by atoms with van der Waals surface area (Å²) in [6.07, 6.45) is 6.05. The number of rotatable bonds is 5. The Kier molecular flexibility index (Phi) is 4.18. The molecule has 2 N–H and O–H groups in total. The molecule has 0 saturated heterocycles. The number of aliphatic hydroxyl groups excluding tert-OH is 1. The van der Waals surface area contributed by atoms with Crippen LogP contribution < -0.4 is 5.32 Å². The maximum atomic E-state index is 9.57. The Hall–Kier alpha value is -0.870. The zero-order valence-electron chi connectivity index (χ0n) is 10.5. The van der Waals surface area contributed by atoms with Gasteiger partial charge in [0, 0.05) is 24.6 Å². The largest absolute Gasteiger partial charge is 0.396 e. The molecule has 1 saturated carbocycles. The van der Waals surface area contributed by atoms with E-state index in [1.54, 1.807) is 0 Å². The first-order valence-corrected chi connectivity index (χ1v) is 6.48. The number of aryl methyl sites for hydroxylation is 1. The molecule has 0 aliphatic heterocycles. The molecule has 17 heavy (non-hydrogen) atoms. The third-order valence-electron chi connectivity index (χ3n) is 3.73. The van der Waals surface area contributed by atoms with Crippen LogP contribution in [0.4, 0.5) is 0 Å². The summed E-state index contributed by atoms with van der Waals surface area (Å²) in [5.74, 6) is 0.867. The van der Waals surface area contributed by atoms with Gasteiger partial charge in [0.2, 0.25) is 0 Å². The molecule has 1 aromatic rings. The topological polar surface area (TPSA) is 58.3 Å². The van der Waals surface area contributed by atoms with Crippen molar-refractivity contribution in [3.8, 4) is 0 Å². The van der Waals surface area contributed by atoms with Crippen LogP contribution in [0.2, 0.25) is 0 Å². The van der Waals surface area contributed by atoms with Crippen LogP contribution in [0.25, 0.3) is 0 Å². The predicted octanol–water partition coefficient (Wildman–Crippen LogP) is 2.02. The molecule has 1 fully saturated rings. The summed E-state index contributed by atoms with van der Waals surface area (Å²) in [5, 5.41) is 16.8. The molecule has 1 heterocycles. The Morgan fingerprint density at radius 3 is 2.76 bits per heavy atom. The molecule has 0 spiro atoms. The van der Waals surface area contributed by atoms with Gasteiger partial charge >= 0.3 is 0 Å². The number of aromatic nitrogens is 1. The van der Waals surface area contributed by atoms with Crippen LogP contribution in [-0.4, -0.2) is 23.4 Å². The quantitative estimate of drug-likeness (QED) is 0.824. The highest BCUT2D eigenvalue weighted by molar-refractivity contribution is 5.02. The molecule has 1 aliphatic rings. The highest BCUT2D eigenvalue weighted by atomic mass is 16.5. The SMILES string of the molecule is Cc1cc(CNCC2(CO)CCCCC2)on1. The standard InChI is InChI=1S/C13H22N2O2/c1-11-7-12(17-15-11)8-14-9-13(10-16)5-3-2-4-6-13/h7,14,16H,2-6,8-10H2,1H3. The van der Waals surface area contributed by atoms with Gasteiger partial charge in [-0.15, -0.1) is 0 Å². The molecule has 4 heteroatoms. The van der Waals surface area contributed by atoms with Crippen LogP contribution in [0.5, 0.6) is 0 Å². The van der Waals surface area contributed by atoms with Gasteiger partial charge in [-0.2, -0.15) is 0 Å². The number of hydrogen-bond donors (Lipinski definition) is 2. The van der Waals surface area contributed by atoms with Crippen molar-refractivity contribution in [2.75, 3.05) is 13.2 Å². The molecule has 0 atom stereocenters. The van der Waals surface area contributed by atoms with Gasteiger partial charge in [-0.1, -0.05) is 24.4 Å². The summed E-state index contributed by atoms with van der Waals surface area (Å²) in [6, 6.07) is 1.94. The molecule has 0 radical (unpaired) electrons. The maximum Gasteiger partial charge on any atom is 0.150 e. The van der Waals surface area contributed by atoms with Crippen molar-refractivity contribution in [1.29, 1.82) is 0 Å². The van der Waals surface area contributed by atoms with Crippen LogP contribution in [0.1, 0.15) is 43.6 Å². The van der Waals surface area contributed by atoms with Crippen molar-refractivity contribution in [2.24, 2.45) is 5.41 Å². The van der Waals surface area contributed by atoms with Crippen molar-refractivity contribution in [1.82, 2.24) is 10.5 Å². The minimum atomic E-state index is 0.0906. The zero-order valence-corrected chi connectivity index (χ0v) is 10.5. The first-order valence-electron chi connectivity index (χ1n) is 6.48. The molecular weight excluding hydrogens is 216 g/mol. The monoisotopic (exact) mass is 238 g/mol. The Balaban J connectivity index is 1.79. The normalized spacial score (nSPS) is 19.4. The van der Waals surface area contributed by atoms with E-state index in [1.165, 1.54) is 19.3 Å². The number of nitrogens with zero attached hydrogens (tertiary/aromatic N) is 1. The van der Waals surface area contributed by atoms with E-state index in [4.69, 9.17) is 4.52 Å². The van der Waals surface area contributed by atoms with E-state index in [-0.39, 0.29) is 12.0 Å². The average molecular weight is 238 g/mol. The van der Waals surface area contributed by atoms with Crippen LogP contribution in [0, 0.1) is 12.3 Å². The molecule has 0 bridgehead atoms. The smallest absolute Gasteiger partial charge is 0.150 e. The average Bonchev–Trinajstić information content (AvgIpc) is 2.76. The summed E-state index contributed by atoms with van der Waals surface area (Å²) in [5.41, 5.74) is 1.00. The van der Waals surface area contributed by atoms with E-state index in [0.717, 1.165) is 30.8 Å². The summed E-state index contributed by atoms with van der Waals surface area (Å²) < 4.78 is 5.15. The van der Waals surface area contributed by atoms with Gasteiger partial charge in [-0.3, -0.25) is 0 Å². The van der Waals surface area contributed by atoms with Gasteiger partial charge in [-0.25, -0.2) is 0 Å². The van der Waals surface area contributed by atoms with Gasteiger partial charge in [0.1, 0.15) is 0 Å². The number of nitrogens with one attached hydrogen (secondary N) is 1. The summed E-state index contributed by atoms with van der Waals surface area (Å²) in [7, 11) is 0. The Labute approximate surface area is 102 Å². The molecular formula is C13H22N2O2. The van der Waals surface area contributed by atoms with E-state index < -0.39 is 0 Å². The highest BCUT2D eigenvalue weighted by Crippen LogP contribution is 2.35. The van der Waals surface area contributed by atoms with Crippen molar-refractivity contribution >= 4 is 0 Å². The molecule has 0 amide bonds. The second kappa shape index (κ2) is 5.65. The van der Waals surface area contributed by atoms with Gasteiger partial charge in [0.25, 0.3) is 0 Å². The third kappa shape index (κ3) is 3.30. The molecule has 96 valence electrons. The number of aliphatic hydroxyl groups is 1. The third-order valence-corrected chi connectivity index (χ3v) is 3.73. The van der Waals surface area contributed by atoms with E-state index >= 15 is 0 Å². The van der Waals surface area contributed by atoms with Crippen LogP contribution >= 0.6 is 0 Å². The second-order valence-electron chi connectivity index (χ2n) is 5.26. The molecule has 1 aliphatic carbocycles. The van der Waals surface area contributed by atoms with E-state index in [2.05, 4.69) is 10.5 Å². The van der Waals surface area contributed by atoms with Crippen LogP contribution in [0.15, 0.2) is 10.6 Å². The highest BCUT2D eigenvalue weighted by Gasteiger charge is 2.30. The van der Waals surface area contributed by atoms with Crippen molar-refractivity contribution < 1.29 is 9.63 Å². The van der Waals surface area contributed by atoms with Crippen molar-refractivity contribution in [3.05, 3.63) is 17.5 Å². The van der Waals surface area contributed by atoms with Crippen LogP contribution in [-0.2, 0) is 6.54 Å². The van der Waals surface area contributed by atoms with Crippen molar-refractivity contribution in [3.63, 3.8) is 0 Å². The second-order valence-corrected chi connectivity index (χ2v) is 5.26. The first-order chi connectivity index (χ1) is 8.24. The lowest BCUT2D eigenvalue weighted by Gasteiger charge is -2.35. The van der Waals surface area contributed by atoms with Crippen LogP contribution in [0.3, 0.4) is 0 Å². The van der Waals surface area contributed by atoms with Gasteiger partial charge in [0.15, 0.2) is 5.76 Å². The minimum absolute atomic E-state index is 0.0906. The minimum Gasteiger partial charge on any atom is -0.396 e. The van der Waals surface area contributed by atoms with Gasteiger partial charge < -0.3 is 14.9 Å². The fourth-order valence-corrected chi connectivity index (χ4v) is 2.64. The molecule has 0 unspecified atom stereocenters. The fraction of sp³-hybridized carbons (Fsp3) is 0.769. The van der Waals surface area contributed by atoms with Gasteiger partial charge in [0.05, 0.1) is 12.2 Å². The Bertz CT molecular complexity index is 343. The lowest BCUT2D eigenvalue weighted by molar-refractivity contribution is 0.0804. The lowest BCUT2D eigenvalue weighted by Crippen LogP contribution is -2.38. The lowest BCUT2D eigenvalue weighted by atomic mass is 9.74. The van der Waals surface area contributed by atoms with Gasteiger partial charge in [-0.05, 0) is 19.8 Å². The summed E-state index contributed by atoms with van der Waals surface area (Å²) in [6.45, 7) is 3.77. The molecule has 4 nitrogen and oxygen atoms in total. The molecule has 2 rings (SSSR count). The zero-order chi connectivity index (χ0) is 12.1. The summed E-state index contributed by atoms with van der Waals surface area (Å²) in [4.78, 5) is 0. The summed E-state index contributed by atoms with van der Waals surface area (Å²) >= 11 is 0. The van der Waals surface area contributed by atoms with E-state index in [0.29, 0.717) is 6.54 Å². The Morgan fingerprint density at radius 1 is 1.41 bits per heavy atom. The number of hydrogen-bond acceptors (Lipinski definition) is 4. The van der Waals surface area contributed by atoms with E-state index in [9.17, 15) is 5.11 Å². The maximum absolute atomic E-state index is 9.57. The van der Waals surface area contributed by atoms with Crippen molar-refractivity contribution in [2.45, 2.75) is 45.6 Å². The molecule has 0 aromatic carbocycles. The Morgan fingerprint density at radius 2 is 2.18 bits per heavy atom. The van der Waals surface area contributed by atoms with E-state index in [1.807, 2.05) is 13.0 Å².